The van der Waals surface area contributed by atoms with Crippen molar-refractivity contribution in [3.05, 3.63) is 0 Å². The first-order chi connectivity index (χ1) is 12.4. The van der Waals surface area contributed by atoms with E-state index < -0.39 is 10.0 Å². The lowest BCUT2D eigenvalue weighted by Gasteiger charge is -2.34. The molecular weight excluding hydrogens is 356 g/mol. The SMILES string of the molecule is CCS(=O)(=O)N(C)CCCNC(=NC)N1CCC(OCCCOC)CC1. The van der Waals surface area contributed by atoms with Crippen LogP contribution in [0.4, 0.5) is 0 Å². The van der Waals surface area contributed by atoms with Gasteiger partial charge in [0, 0.05) is 60.6 Å². The van der Waals surface area contributed by atoms with Gasteiger partial charge in [0.15, 0.2) is 5.96 Å². The number of hydrogen-bond donors (Lipinski definition) is 1. The van der Waals surface area contributed by atoms with E-state index in [1.54, 1.807) is 28.1 Å². The molecule has 0 saturated carbocycles. The molecule has 0 spiro atoms. The van der Waals surface area contributed by atoms with E-state index in [2.05, 4.69) is 15.2 Å². The number of sulfonamides is 1. The van der Waals surface area contributed by atoms with Gasteiger partial charge in [-0.2, -0.15) is 0 Å². The first kappa shape index (κ1) is 23.1. The lowest BCUT2D eigenvalue weighted by Crippen LogP contribution is -2.47. The Morgan fingerprint density at radius 2 is 1.96 bits per heavy atom. The van der Waals surface area contributed by atoms with Crippen LogP contribution in [0.1, 0.15) is 32.6 Å². The molecule has 26 heavy (non-hydrogen) atoms. The Balaban J connectivity index is 2.25. The maximum Gasteiger partial charge on any atom is 0.213 e. The van der Waals surface area contributed by atoms with Crippen LogP contribution in [-0.4, -0.2) is 96.0 Å². The minimum atomic E-state index is -3.10. The highest BCUT2D eigenvalue weighted by Crippen LogP contribution is 2.14. The fraction of sp³-hybridized carbons (Fsp3) is 0.941. The van der Waals surface area contributed by atoms with E-state index in [1.165, 1.54) is 4.31 Å². The number of guanidine groups is 1. The molecule has 9 heteroatoms. The molecule has 1 heterocycles. The second-order valence-electron chi connectivity index (χ2n) is 6.45. The van der Waals surface area contributed by atoms with E-state index in [9.17, 15) is 8.42 Å². The molecule has 1 saturated heterocycles. The van der Waals surface area contributed by atoms with Crippen molar-refractivity contribution in [1.29, 1.82) is 0 Å². The molecule has 0 unspecified atom stereocenters. The smallest absolute Gasteiger partial charge is 0.213 e. The van der Waals surface area contributed by atoms with Crippen LogP contribution in [0.15, 0.2) is 4.99 Å². The van der Waals surface area contributed by atoms with Gasteiger partial charge in [-0.3, -0.25) is 4.99 Å². The minimum Gasteiger partial charge on any atom is -0.385 e. The average molecular weight is 393 g/mol. The van der Waals surface area contributed by atoms with Gasteiger partial charge >= 0.3 is 0 Å². The maximum atomic E-state index is 11.7. The predicted octanol–water partition coefficient (Wildman–Crippen LogP) is 0.751. The van der Waals surface area contributed by atoms with Crippen molar-refractivity contribution >= 4 is 16.0 Å². The highest BCUT2D eigenvalue weighted by molar-refractivity contribution is 7.89. The van der Waals surface area contributed by atoms with Crippen molar-refractivity contribution in [2.45, 2.75) is 38.7 Å². The quantitative estimate of drug-likeness (QED) is 0.317. The average Bonchev–Trinajstić information content (AvgIpc) is 2.65. The molecule has 0 aromatic rings. The topological polar surface area (TPSA) is 83.5 Å². The predicted molar refractivity (Wildman–Crippen MR) is 105 cm³/mol. The van der Waals surface area contributed by atoms with Gasteiger partial charge < -0.3 is 19.7 Å². The van der Waals surface area contributed by atoms with E-state index >= 15 is 0 Å². The van der Waals surface area contributed by atoms with Gasteiger partial charge in [0.25, 0.3) is 0 Å². The Labute approximate surface area is 159 Å². The molecule has 0 aromatic carbocycles. The summed E-state index contributed by atoms with van der Waals surface area (Å²) < 4.78 is 35.8. The zero-order valence-corrected chi connectivity index (χ0v) is 17.6. The highest BCUT2D eigenvalue weighted by Gasteiger charge is 2.22. The van der Waals surface area contributed by atoms with Crippen LogP contribution >= 0.6 is 0 Å². The van der Waals surface area contributed by atoms with Crippen molar-refractivity contribution in [2.75, 3.05) is 66.4 Å². The Morgan fingerprint density at radius 1 is 1.27 bits per heavy atom. The van der Waals surface area contributed by atoms with E-state index in [0.29, 0.717) is 19.2 Å². The highest BCUT2D eigenvalue weighted by atomic mass is 32.2. The number of piperidine rings is 1. The Bertz CT molecular complexity index is 505. The zero-order chi connectivity index (χ0) is 19.4. The number of hydrogen-bond acceptors (Lipinski definition) is 5. The van der Waals surface area contributed by atoms with Crippen molar-refractivity contribution in [1.82, 2.24) is 14.5 Å². The van der Waals surface area contributed by atoms with Crippen LogP contribution in [-0.2, 0) is 19.5 Å². The number of aliphatic imine (C=N–C) groups is 1. The first-order valence-corrected chi connectivity index (χ1v) is 11.1. The summed E-state index contributed by atoms with van der Waals surface area (Å²) in [6.07, 6.45) is 3.97. The lowest BCUT2D eigenvalue weighted by molar-refractivity contribution is 0.00991. The third-order valence-corrected chi connectivity index (χ3v) is 6.43. The molecular formula is C17H36N4O4S. The normalized spacial score (nSPS) is 17.1. The molecule has 1 aliphatic heterocycles. The third kappa shape index (κ3) is 8.20. The standard InChI is InChI=1S/C17H36N4O4S/c1-5-26(22,23)20(3)11-6-10-19-17(18-2)21-12-8-16(9-13-21)25-15-7-14-24-4/h16H,5-15H2,1-4H3,(H,18,19). The monoisotopic (exact) mass is 392 g/mol. The maximum absolute atomic E-state index is 11.7. The molecule has 8 nitrogen and oxygen atoms in total. The summed E-state index contributed by atoms with van der Waals surface area (Å²) in [6.45, 7) is 6.19. The van der Waals surface area contributed by atoms with Gasteiger partial charge in [0.05, 0.1) is 11.9 Å². The zero-order valence-electron chi connectivity index (χ0n) is 16.7. The van der Waals surface area contributed by atoms with Crippen LogP contribution in [0.2, 0.25) is 0 Å². The Kier molecular flexibility index (Phi) is 11.1. The number of nitrogens with zero attached hydrogens (tertiary/aromatic N) is 3. The molecule has 1 rings (SSSR count). The van der Waals surface area contributed by atoms with E-state index in [4.69, 9.17) is 9.47 Å². The largest absolute Gasteiger partial charge is 0.385 e. The van der Waals surface area contributed by atoms with Gasteiger partial charge in [-0.1, -0.05) is 0 Å². The summed E-state index contributed by atoms with van der Waals surface area (Å²) >= 11 is 0. The van der Waals surface area contributed by atoms with Crippen molar-refractivity contribution in [3.63, 3.8) is 0 Å². The van der Waals surface area contributed by atoms with Gasteiger partial charge in [-0.25, -0.2) is 12.7 Å². The summed E-state index contributed by atoms with van der Waals surface area (Å²) in [5, 5.41) is 3.34. The van der Waals surface area contributed by atoms with E-state index in [0.717, 1.165) is 57.9 Å². The molecule has 154 valence electrons. The summed E-state index contributed by atoms with van der Waals surface area (Å²) in [6, 6.07) is 0. The number of likely N-dealkylation sites (tertiary alicyclic amines) is 1. The van der Waals surface area contributed by atoms with Crippen molar-refractivity contribution < 1.29 is 17.9 Å². The van der Waals surface area contributed by atoms with Crippen molar-refractivity contribution in [2.24, 2.45) is 4.99 Å². The van der Waals surface area contributed by atoms with Gasteiger partial charge in [-0.15, -0.1) is 0 Å². The molecule has 0 atom stereocenters. The number of rotatable bonds is 11. The Morgan fingerprint density at radius 3 is 2.54 bits per heavy atom. The van der Waals surface area contributed by atoms with Crippen LogP contribution in [0.25, 0.3) is 0 Å². The van der Waals surface area contributed by atoms with Gasteiger partial charge in [-0.05, 0) is 32.6 Å². The van der Waals surface area contributed by atoms with Gasteiger partial charge in [0.2, 0.25) is 10.0 Å². The summed E-state index contributed by atoms with van der Waals surface area (Å²) in [4.78, 5) is 6.58. The molecule has 1 N–H and O–H groups in total. The number of methoxy groups -OCH3 is 1. The molecule has 1 fully saturated rings. The fourth-order valence-corrected chi connectivity index (χ4v) is 3.73. The molecule has 1 aliphatic rings. The van der Waals surface area contributed by atoms with Crippen LogP contribution in [0.3, 0.4) is 0 Å². The number of nitrogens with one attached hydrogen (secondary N) is 1. The second-order valence-corrected chi connectivity index (χ2v) is 8.82. The first-order valence-electron chi connectivity index (χ1n) is 9.44. The summed E-state index contributed by atoms with van der Waals surface area (Å²) in [5.41, 5.74) is 0. The lowest BCUT2D eigenvalue weighted by atomic mass is 10.1. The molecule has 0 aliphatic carbocycles. The minimum absolute atomic E-state index is 0.140. The van der Waals surface area contributed by atoms with Gasteiger partial charge in [0.1, 0.15) is 0 Å². The molecule has 0 bridgehead atoms. The summed E-state index contributed by atoms with van der Waals surface area (Å²) in [7, 11) is 2.02. The van der Waals surface area contributed by atoms with Crippen LogP contribution in [0.5, 0.6) is 0 Å². The number of ether oxygens (including phenoxy) is 2. The van der Waals surface area contributed by atoms with E-state index in [-0.39, 0.29) is 5.75 Å². The molecule has 0 aromatic heterocycles. The summed E-state index contributed by atoms with van der Waals surface area (Å²) in [5.74, 6) is 1.02. The van der Waals surface area contributed by atoms with Crippen molar-refractivity contribution in [3.8, 4) is 0 Å². The van der Waals surface area contributed by atoms with Crippen LogP contribution < -0.4 is 5.32 Å². The third-order valence-electron chi connectivity index (χ3n) is 4.57. The fourth-order valence-electron chi connectivity index (χ4n) is 2.88. The Hall–Kier alpha value is -0.900. The molecule has 0 radical (unpaired) electrons. The van der Waals surface area contributed by atoms with Crippen LogP contribution in [0, 0.1) is 0 Å². The van der Waals surface area contributed by atoms with E-state index in [1.807, 2.05) is 0 Å². The second kappa shape index (κ2) is 12.5. The molecule has 0 amide bonds.